The van der Waals surface area contributed by atoms with Crippen LogP contribution in [0.25, 0.3) is 5.76 Å². The summed E-state index contributed by atoms with van der Waals surface area (Å²) in [6, 6.07) is 22.2. The van der Waals surface area contributed by atoms with Crippen molar-refractivity contribution in [1.82, 2.24) is 0 Å². The van der Waals surface area contributed by atoms with Gasteiger partial charge in [0.2, 0.25) is 0 Å². The topological polar surface area (TPSA) is 66.8 Å². The monoisotopic (exact) mass is 463 g/mol. The molecule has 1 saturated heterocycles. The van der Waals surface area contributed by atoms with E-state index in [9.17, 15) is 14.7 Å². The lowest BCUT2D eigenvalue weighted by Crippen LogP contribution is -2.29. The van der Waals surface area contributed by atoms with Gasteiger partial charge in [0, 0.05) is 21.3 Å². The molecule has 0 saturated carbocycles. The van der Waals surface area contributed by atoms with Crippen LogP contribution in [0, 0.1) is 0 Å². The summed E-state index contributed by atoms with van der Waals surface area (Å²) in [5, 5.41) is 11.1. The molecule has 150 valence electrons. The fraction of sp³-hybridized carbons (Fsp3) is 0.0833. The van der Waals surface area contributed by atoms with Crippen molar-refractivity contribution in [3.8, 4) is 5.75 Å². The third kappa shape index (κ3) is 3.39. The summed E-state index contributed by atoms with van der Waals surface area (Å²) in [5.74, 6) is -1.15. The van der Waals surface area contributed by atoms with Gasteiger partial charge in [0.05, 0.1) is 18.7 Å². The van der Waals surface area contributed by atoms with Crippen LogP contribution >= 0.6 is 15.9 Å². The summed E-state index contributed by atoms with van der Waals surface area (Å²) >= 11 is 3.42. The van der Waals surface area contributed by atoms with Gasteiger partial charge in [0.1, 0.15) is 11.5 Å². The molecule has 1 aliphatic rings. The van der Waals surface area contributed by atoms with Crippen LogP contribution in [0.1, 0.15) is 17.2 Å². The molecule has 30 heavy (non-hydrogen) atoms. The molecule has 0 radical (unpaired) electrons. The molecule has 0 bridgehead atoms. The zero-order valence-corrected chi connectivity index (χ0v) is 17.7. The number of aliphatic hydroxyl groups excluding tert-OH is 1. The van der Waals surface area contributed by atoms with Crippen molar-refractivity contribution in [3.05, 3.63) is 100 Å². The van der Waals surface area contributed by atoms with Crippen LogP contribution in [0.2, 0.25) is 0 Å². The van der Waals surface area contributed by atoms with Crippen LogP contribution in [0.4, 0.5) is 5.69 Å². The van der Waals surface area contributed by atoms with Gasteiger partial charge in [-0.1, -0.05) is 70.5 Å². The normalized spacial score (nSPS) is 17.9. The quantitative estimate of drug-likeness (QED) is 0.332. The summed E-state index contributed by atoms with van der Waals surface area (Å²) in [6.07, 6.45) is 0. The van der Waals surface area contributed by atoms with Crippen molar-refractivity contribution in [2.45, 2.75) is 6.04 Å². The molecule has 0 unspecified atom stereocenters. The molecule has 6 heteroatoms. The smallest absolute Gasteiger partial charge is 0.300 e. The number of hydrogen-bond donors (Lipinski definition) is 1. The Kier molecular flexibility index (Phi) is 5.42. The fourth-order valence-electron chi connectivity index (χ4n) is 3.66. The van der Waals surface area contributed by atoms with Crippen molar-refractivity contribution < 1.29 is 19.4 Å². The molecule has 1 amide bonds. The highest BCUT2D eigenvalue weighted by Gasteiger charge is 2.47. The standard InChI is InChI=1S/C24H18BrNO4/c1-30-19-13-6-5-12-18(19)21-20(22(27)15-8-3-2-4-9-15)23(28)24(29)26(21)17-11-7-10-16(25)14-17/h2-14,21,27H,1H3/b22-20+/t21-/m1/s1. The Morgan fingerprint density at radius 3 is 2.37 bits per heavy atom. The Hall–Kier alpha value is -3.38. The first kappa shape index (κ1) is 19.9. The second-order valence-corrected chi connectivity index (χ2v) is 7.67. The molecule has 1 fully saturated rings. The number of benzene rings is 3. The summed E-state index contributed by atoms with van der Waals surface area (Å²) < 4.78 is 6.27. The first-order valence-electron chi connectivity index (χ1n) is 9.28. The maximum absolute atomic E-state index is 13.1. The van der Waals surface area contributed by atoms with Gasteiger partial charge in [0.25, 0.3) is 11.7 Å². The number of ether oxygens (including phenoxy) is 1. The number of ketones is 1. The Morgan fingerprint density at radius 2 is 1.67 bits per heavy atom. The van der Waals surface area contributed by atoms with E-state index in [1.807, 2.05) is 18.2 Å². The van der Waals surface area contributed by atoms with Gasteiger partial charge in [-0.05, 0) is 24.3 Å². The lowest BCUT2D eigenvalue weighted by Gasteiger charge is -2.26. The number of hydrogen-bond acceptors (Lipinski definition) is 4. The van der Waals surface area contributed by atoms with E-state index >= 15 is 0 Å². The highest BCUT2D eigenvalue weighted by Crippen LogP contribution is 2.45. The molecule has 1 atom stereocenters. The van der Waals surface area contributed by atoms with E-state index in [4.69, 9.17) is 4.74 Å². The average molecular weight is 464 g/mol. The molecule has 0 aromatic heterocycles. The van der Waals surface area contributed by atoms with E-state index in [0.29, 0.717) is 22.6 Å². The van der Waals surface area contributed by atoms with Gasteiger partial charge in [0.15, 0.2) is 0 Å². The maximum Gasteiger partial charge on any atom is 0.300 e. The Balaban J connectivity index is 2.00. The van der Waals surface area contributed by atoms with Crippen LogP contribution in [0.15, 0.2) is 88.9 Å². The van der Waals surface area contributed by atoms with Crippen LogP contribution < -0.4 is 9.64 Å². The van der Waals surface area contributed by atoms with Crippen molar-refractivity contribution >= 4 is 39.1 Å². The summed E-state index contributed by atoms with van der Waals surface area (Å²) in [5.41, 5.74) is 1.63. The number of methoxy groups -OCH3 is 1. The number of rotatable bonds is 4. The van der Waals surface area contributed by atoms with E-state index in [1.165, 1.54) is 12.0 Å². The third-order valence-corrected chi connectivity index (χ3v) is 5.50. The van der Waals surface area contributed by atoms with Gasteiger partial charge in [-0.3, -0.25) is 14.5 Å². The number of carbonyl (C=O) groups is 2. The summed E-state index contributed by atoms with van der Waals surface area (Å²) in [4.78, 5) is 27.6. The molecule has 3 aromatic rings. The first-order valence-corrected chi connectivity index (χ1v) is 10.1. The van der Waals surface area contributed by atoms with Gasteiger partial charge in [-0.2, -0.15) is 0 Å². The summed E-state index contributed by atoms with van der Waals surface area (Å²) in [6.45, 7) is 0. The molecule has 1 heterocycles. The van der Waals surface area contributed by atoms with E-state index in [0.717, 1.165) is 4.47 Å². The number of carbonyl (C=O) groups excluding carboxylic acids is 2. The van der Waals surface area contributed by atoms with Crippen LogP contribution in [-0.2, 0) is 9.59 Å². The van der Waals surface area contributed by atoms with Gasteiger partial charge >= 0.3 is 0 Å². The molecular formula is C24H18BrNO4. The molecule has 5 nitrogen and oxygen atoms in total. The molecule has 3 aromatic carbocycles. The number of para-hydroxylation sites is 1. The highest BCUT2D eigenvalue weighted by atomic mass is 79.9. The number of amides is 1. The molecule has 0 aliphatic carbocycles. The van der Waals surface area contributed by atoms with Gasteiger partial charge in [-0.25, -0.2) is 0 Å². The maximum atomic E-state index is 13.1. The SMILES string of the molecule is COc1ccccc1[C@@H]1/C(=C(\O)c2ccccc2)C(=O)C(=O)N1c1cccc(Br)c1. The largest absolute Gasteiger partial charge is 0.507 e. The third-order valence-electron chi connectivity index (χ3n) is 5.01. The number of halogens is 1. The minimum atomic E-state index is -0.837. The van der Waals surface area contributed by atoms with Crippen LogP contribution in [-0.4, -0.2) is 23.9 Å². The number of aliphatic hydroxyl groups is 1. The zero-order valence-electron chi connectivity index (χ0n) is 16.1. The minimum absolute atomic E-state index is 0.0238. The van der Waals surface area contributed by atoms with E-state index in [-0.39, 0.29) is 11.3 Å². The predicted molar refractivity (Wildman–Crippen MR) is 118 cm³/mol. The van der Waals surface area contributed by atoms with Gasteiger partial charge in [-0.15, -0.1) is 0 Å². The molecule has 0 spiro atoms. The number of nitrogens with zero attached hydrogens (tertiary/aromatic N) is 1. The number of anilines is 1. The molecular weight excluding hydrogens is 446 g/mol. The van der Waals surface area contributed by atoms with Crippen LogP contribution in [0.5, 0.6) is 5.75 Å². The Bertz CT molecular complexity index is 1160. The molecule has 1 aliphatic heterocycles. The number of Topliss-reactive ketones (excluding diaryl/α,β-unsaturated/α-hetero) is 1. The van der Waals surface area contributed by atoms with E-state index in [1.54, 1.807) is 60.7 Å². The van der Waals surface area contributed by atoms with Crippen molar-refractivity contribution in [1.29, 1.82) is 0 Å². The fourth-order valence-corrected chi connectivity index (χ4v) is 4.05. The predicted octanol–water partition coefficient (Wildman–Crippen LogP) is 5.08. The second-order valence-electron chi connectivity index (χ2n) is 6.76. The van der Waals surface area contributed by atoms with Crippen LogP contribution in [0.3, 0.4) is 0 Å². The van der Waals surface area contributed by atoms with Crippen molar-refractivity contribution in [3.63, 3.8) is 0 Å². The van der Waals surface area contributed by atoms with Crippen molar-refractivity contribution in [2.24, 2.45) is 0 Å². The second kappa shape index (κ2) is 8.16. The Morgan fingerprint density at radius 1 is 0.967 bits per heavy atom. The van der Waals surface area contributed by atoms with E-state index in [2.05, 4.69) is 15.9 Å². The summed E-state index contributed by atoms with van der Waals surface area (Å²) in [7, 11) is 1.53. The average Bonchev–Trinajstić information content (AvgIpc) is 3.04. The highest BCUT2D eigenvalue weighted by molar-refractivity contribution is 9.10. The van der Waals surface area contributed by atoms with Gasteiger partial charge < -0.3 is 9.84 Å². The lowest BCUT2D eigenvalue weighted by molar-refractivity contribution is -0.132. The van der Waals surface area contributed by atoms with Crippen molar-refractivity contribution in [2.75, 3.05) is 12.0 Å². The Labute approximate surface area is 182 Å². The first-order chi connectivity index (χ1) is 14.5. The zero-order chi connectivity index (χ0) is 21.3. The molecule has 4 rings (SSSR count). The minimum Gasteiger partial charge on any atom is -0.507 e. The lowest BCUT2D eigenvalue weighted by atomic mass is 9.94. The van der Waals surface area contributed by atoms with E-state index < -0.39 is 17.7 Å². The molecule has 1 N–H and O–H groups in total.